The van der Waals surface area contributed by atoms with Crippen molar-refractivity contribution in [1.29, 1.82) is 0 Å². The third-order valence-electron chi connectivity index (χ3n) is 2.64. The second-order valence-electron chi connectivity index (χ2n) is 7.56. The number of hydrogen-bond acceptors (Lipinski definition) is 7. The van der Waals surface area contributed by atoms with E-state index >= 15 is 0 Å². The molecule has 0 heterocycles. The summed E-state index contributed by atoms with van der Waals surface area (Å²) in [6, 6.07) is -2.00. The van der Waals surface area contributed by atoms with Gasteiger partial charge in [-0.05, 0) is 41.5 Å². The molecule has 2 amide bonds. The molecule has 0 aromatic heterocycles. The van der Waals surface area contributed by atoms with Crippen molar-refractivity contribution in [1.82, 2.24) is 4.90 Å². The smallest absolute Gasteiger partial charge is 0.420 e. The minimum Gasteiger partial charge on any atom is -0.480 e. The van der Waals surface area contributed by atoms with Crippen LogP contribution in [-0.4, -0.2) is 56.5 Å². The number of aliphatic carboxylic acids is 1. The number of halogens is 1. The van der Waals surface area contributed by atoms with Crippen LogP contribution in [0.15, 0.2) is 12.3 Å². The Balaban J connectivity index is 5.78. The SMILES string of the molecule is CC(C)(C)OC(=O)N(C(=O)OC(C)(C)C)C(CC(F)/C=C/[N+](=O)[O-])C(=O)O. The number of nitrogens with zero attached hydrogens (tertiary/aromatic N) is 2. The Morgan fingerprint density at radius 1 is 1.11 bits per heavy atom. The summed E-state index contributed by atoms with van der Waals surface area (Å²) in [5.74, 6) is -1.70. The molecule has 0 fully saturated rings. The maximum Gasteiger partial charge on any atom is 0.420 e. The molecule has 0 aliphatic carbocycles. The number of carboxylic acid groups (broad SMARTS) is 1. The topological polar surface area (TPSA) is 136 Å². The molecule has 0 aliphatic heterocycles. The first-order valence-corrected chi connectivity index (χ1v) is 7.97. The monoisotopic (exact) mass is 392 g/mol. The highest BCUT2D eigenvalue weighted by molar-refractivity contribution is 5.93. The molecule has 0 radical (unpaired) electrons. The number of allylic oxidation sites excluding steroid dienone is 1. The van der Waals surface area contributed by atoms with E-state index < -0.39 is 52.9 Å². The van der Waals surface area contributed by atoms with Crippen LogP contribution >= 0.6 is 0 Å². The van der Waals surface area contributed by atoms with Crippen molar-refractivity contribution < 1.29 is 38.3 Å². The van der Waals surface area contributed by atoms with Crippen LogP contribution < -0.4 is 0 Å². The van der Waals surface area contributed by atoms with E-state index in [0.717, 1.165) is 0 Å². The van der Waals surface area contributed by atoms with Gasteiger partial charge < -0.3 is 14.6 Å². The Labute approximate surface area is 156 Å². The number of carbonyl (C=O) groups is 3. The molecular formula is C16H25FN2O8. The zero-order valence-corrected chi connectivity index (χ0v) is 16.1. The standard InChI is InChI=1S/C16H25FN2O8/c1-15(2,3)26-13(22)19(14(23)27-16(4,5)6)11(12(20)21)9-10(17)7-8-18(24)25/h7-8,10-11H,9H2,1-6H3,(H,20,21)/b8-7+. The maximum atomic E-state index is 14.0. The summed E-state index contributed by atoms with van der Waals surface area (Å²) in [7, 11) is 0. The average molecular weight is 392 g/mol. The molecule has 0 aliphatic rings. The van der Waals surface area contributed by atoms with E-state index in [1.807, 2.05) is 0 Å². The Morgan fingerprint density at radius 2 is 1.52 bits per heavy atom. The lowest BCUT2D eigenvalue weighted by molar-refractivity contribution is -0.402. The van der Waals surface area contributed by atoms with Crippen molar-refractivity contribution in [3.8, 4) is 0 Å². The van der Waals surface area contributed by atoms with Gasteiger partial charge in [-0.25, -0.2) is 18.8 Å². The fourth-order valence-corrected chi connectivity index (χ4v) is 1.72. The van der Waals surface area contributed by atoms with E-state index in [1.54, 1.807) is 0 Å². The molecule has 2 atom stereocenters. The van der Waals surface area contributed by atoms with Crippen LogP contribution in [0.3, 0.4) is 0 Å². The first-order valence-electron chi connectivity index (χ1n) is 7.97. The van der Waals surface area contributed by atoms with Gasteiger partial charge in [0.25, 0.3) is 0 Å². The van der Waals surface area contributed by atoms with Gasteiger partial charge in [-0.2, -0.15) is 4.90 Å². The van der Waals surface area contributed by atoms with Gasteiger partial charge in [0.1, 0.15) is 23.4 Å². The number of ether oxygens (including phenoxy) is 2. The summed E-state index contributed by atoms with van der Waals surface area (Å²) in [5.41, 5.74) is -2.14. The second kappa shape index (κ2) is 9.28. The summed E-state index contributed by atoms with van der Waals surface area (Å²) in [6.45, 7) is 8.95. The summed E-state index contributed by atoms with van der Waals surface area (Å²) < 4.78 is 24.0. The summed E-state index contributed by atoms with van der Waals surface area (Å²) >= 11 is 0. The predicted molar refractivity (Wildman–Crippen MR) is 91.4 cm³/mol. The van der Waals surface area contributed by atoms with Crippen LogP contribution in [0.4, 0.5) is 14.0 Å². The van der Waals surface area contributed by atoms with E-state index in [-0.39, 0.29) is 4.90 Å². The first-order chi connectivity index (χ1) is 12.0. The lowest BCUT2D eigenvalue weighted by Gasteiger charge is -2.31. The maximum absolute atomic E-state index is 14.0. The zero-order valence-electron chi connectivity index (χ0n) is 16.1. The number of carboxylic acids is 1. The summed E-state index contributed by atoms with van der Waals surface area (Å²) in [4.78, 5) is 45.8. The molecule has 2 unspecified atom stereocenters. The second-order valence-corrected chi connectivity index (χ2v) is 7.56. The van der Waals surface area contributed by atoms with Crippen LogP contribution in [-0.2, 0) is 14.3 Å². The third-order valence-corrected chi connectivity index (χ3v) is 2.64. The van der Waals surface area contributed by atoms with Gasteiger partial charge >= 0.3 is 18.2 Å². The molecule has 0 saturated carbocycles. The number of alkyl halides is 1. The minimum absolute atomic E-state index is 0.158. The fraction of sp³-hybridized carbons (Fsp3) is 0.688. The van der Waals surface area contributed by atoms with Gasteiger partial charge in [0.15, 0.2) is 0 Å². The molecule has 0 spiro atoms. The number of rotatable bonds is 6. The molecule has 1 N–H and O–H groups in total. The first kappa shape index (κ1) is 24.3. The summed E-state index contributed by atoms with van der Waals surface area (Å²) in [6.07, 6.45) is -4.89. The van der Waals surface area contributed by atoms with Crippen LogP contribution in [0.5, 0.6) is 0 Å². The molecule has 11 heteroatoms. The number of nitro groups is 1. The van der Waals surface area contributed by atoms with E-state index in [2.05, 4.69) is 0 Å². The number of carbonyl (C=O) groups excluding carboxylic acids is 2. The van der Waals surface area contributed by atoms with Crippen LogP contribution in [0.2, 0.25) is 0 Å². The Bertz CT molecular complexity index is 579. The highest BCUT2D eigenvalue weighted by atomic mass is 19.1. The lowest BCUT2D eigenvalue weighted by atomic mass is 10.1. The molecule has 0 bridgehead atoms. The molecule has 27 heavy (non-hydrogen) atoms. The van der Waals surface area contributed by atoms with Crippen molar-refractivity contribution >= 4 is 18.2 Å². The van der Waals surface area contributed by atoms with Gasteiger partial charge in [-0.1, -0.05) is 0 Å². The molecule has 0 aromatic carbocycles. The van der Waals surface area contributed by atoms with E-state index in [4.69, 9.17) is 9.47 Å². The Morgan fingerprint density at radius 3 is 1.81 bits per heavy atom. The lowest BCUT2D eigenvalue weighted by Crippen LogP contribution is -2.52. The third kappa shape index (κ3) is 10.1. The van der Waals surface area contributed by atoms with Crippen LogP contribution in [0.1, 0.15) is 48.0 Å². The van der Waals surface area contributed by atoms with Gasteiger partial charge in [0.2, 0.25) is 6.20 Å². The molecule has 0 aromatic rings. The summed E-state index contributed by atoms with van der Waals surface area (Å²) in [5, 5.41) is 19.6. The molecule has 10 nitrogen and oxygen atoms in total. The number of hydrogen-bond donors (Lipinski definition) is 1. The van der Waals surface area contributed by atoms with Crippen LogP contribution in [0.25, 0.3) is 0 Å². The van der Waals surface area contributed by atoms with Gasteiger partial charge in [-0.15, -0.1) is 0 Å². The number of imide groups is 1. The molecule has 0 saturated heterocycles. The molecular weight excluding hydrogens is 367 g/mol. The van der Waals surface area contributed by atoms with E-state index in [9.17, 15) is 34.0 Å². The quantitative estimate of drug-likeness (QED) is 0.538. The Hall–Kier alpha value is -2.72. The van der Waals surface area contributed by atoms with Crippen molar-refractivity contribution in [3.05, 3.63) is 22.4 Å². The normalized spacial score (nSPS) is 14.3. The van der Waals surface area contributed by atoms with Crippen molar-refractivity contribution in [2.45, 2.75) is 71.4 Å². The van der Waals surface area contributed by atoms with Crippen molar-refractivity contribution in [2.75, 3.05) is 0 Å². The van der Waals surface area contributed by atoms with Gasteiger partial charge in [-0.3, -0.25) is 10.1 Å². The highest BCUT2D eigenvalue weighted by Gasteiger charge is 2.41. The molecule has 0 rings (SSSR count). The minimum atomic E-state index is -2.11. The van der Waals surface area contributed by atoms with Crippen molar-refractivity contribution in [2.24, 2.45) is 0 Å². The van der Waals surface area contributed by atoms with E-state index in [0.29, 0.717) is 12.3 Å². The zero-order chi connectivity index (χ0) is 21.6. The predicted octanol–water partition coefficient (Wildman–Crippen LogP) is 3.13. The largest absolute Gasteiger partial charge is 0.480 e. The van der Waals surface area contributed by atoms with Crippen molar-refractivity contribution in [3.63, 3.8) is 0 Å². The fourth-order valence-electron chi connectivity index (χ4n) is 1.72. The average Bonchev–Trinajstić information content (AvgIpc) is 2.40. The Kier molecular flexibility index (Phi) is 8.35. The highest BCUT2D eigenvalue weighted by Crippen LogP contribution is 2.20. The van der Waals surface area contributed by atoms with Gasteiger partial charge in [0.05, 0.1) is 4.92 Å². The molecule has 154 valence electrons. The number of amides is 2. The van der Waals surface area contributed by atoms with Gasteiger partial charge in [0, 0.05) is 12.5 Å². The van der Waals surface area contributed by atoms with Crippen LogP contribution in [0, 0.1) is 10.1 Å². The van der Waals surface area contributed by atoms with E-state index in [1.165, 1.54) is 41.5 Å².